The molecule has 0 bridgehead atoms. The molecule has 8 heteroatoms. The summed E-state index contributed by atoms with van der Waals surface area (Å²) < 4.78 is 30.1. The zero-order chi connectivity index (χ0) is 17.3. The van der Waals surface area contributed by atoms with E-state index in [4.69, 9.17) is 14.0 Å². The second-order valence-corrected chi connectivity index (χ2v) is 6.47. The summed E-state index contributed by atoms with van der Waals surface area (Å²) in [4.78, 5) is 18.2. The van der Waals surface area contributed by atoms with Gasteiger partial charge in [0.25, 0.3) is 11.8 Å². The number of amides is 1. The molecule has 0 aromatic carbocycles. The average Bonchev–Trinajstić information content (AvgIpc) is 3.27. The van der Waals surface area contributed by atoms with Gasteiger partial charge in [0.05, 0.1) is 30.5 Å². The Balaban J connectivity index is 1.42. The van der Waals surface area contributed by atoms with E-state index in [1.54, 1.807) is 4.90 Å². The minimum atomic E-state index is -0.489. The van der Waals surface area contributed by atoms with Crippen molar-refractivity contribution in [3.8, 4) is 5.88 Å². The maximum absolute atomic E-state index is 13.7. The van der Waals surface area contributed by atoms with Crippen molar-refractivity contribution in [3.63, 3.8) is 0 Å². The Kier molecular flexibility index (Phi) is 4.12. The van der Waals surface area contributed by atoms with Gasteiger partial charge >= 0.3 is 0 Å². The van der Waals surface area contributed by atoms with Crippen LogP contribution in [0.3, 0.4) is 0 Å². The van der Waals surface area contributed by atoms with Crippen LogP contribution in [0, 0.1) is 5.82 Å². The molecule has 4 rings (SSSR count). The molecule has 2 aromatic heterocycles. The fourth-order valence-corrected chi connectivity index (χ4v) is 3.54. The van der Waals surface area contributed by atoms with Crippen molar-refractivity contribution < 1.29 is 23.2 Å². The first-order valence-corrected chi connectivity index (χ1v) is 8.25. The van der Waals surface area contributed by atoms with Crippen LogP contribution in [0.2, 0.25) is 0 Å². The fraction of sp³-hybridized carbons (Fsp3) is 0.471. The van der Waals surface area contributed by atoms with E-state index in [-0.39, 0.29) is 17.9 Å². The number of rotatable bonds is 3. The van der Waals surface area contributed by atoms with Gasteiger partial charge in [0.2, 0.25) is 0 Å². The Bertz CT molecular complexity index is 754. The van der Waals surface area contributed by atoms with E-state index in [0.717, 1.165) is 12.8 Å². The van der Waals surface area contributed by atoms with Crippen LogP contribution in [-0.2, 0) is 4.74 Å². The lowest BCUT2D eigenvalue weighted by Crippen LogP contribution is -2.50. The lowest BCUT2D eigenvalue weighted by molar-refractivity contribution is -0.0454. The van der Waals surface area contributed by atoms with E-state index in [2.05, 4.69) is 10.1 Å². The molecule has 7 nitrogen and oxygen atoms in total. The lowest BCUT2D eigenvalue weighted by atomic mass is 9.89. The Morgan fingerprint density at radius 1 is 1.48 bits per heavy atom. The summed E-state index contributed by atoms with van der Waals surface area (Å²) >= 11 is 0. The van der Waals surface area contributed by atoms with Gasteiger partial charge in [0.1, 0.15) is 12.4 Å². The fourth-order valence-electron chi connectivity index (χ4n) is 3.54. The van der Waals surface area contributed by atoms with Gasteiger partial charge in [-0.05, 0) is 25.0 Å². The van der Waals surface area contributed by atoms with Gasteiger partial charge in [-0.2, -0.15) is 0 Å². The highest BCUT2D eigenvalue weighted by atomic mass is 19.1. The molecular weight excluding hydrogens is 329 g/mol. The molecule has 0 saturated carbocycles. The number of piperidine rings is 1. The molecule has 2 fully saturated rings. The largest absolute Gasteiger partial charge is 0.470 e. The molecule has 132 valence electrons. The van der Waals surface area contributed by atoms with Crippen LogP contribution in [-0.4, -0.2) is 52.3 Å². The van der Waals surface area contributed by atoms with Crippen molar-refractivity contribution >= 4 is 5.91 Å². The first kappa shape index (κ1) is 16.0. The Morgan fingerprint density at radius 3 is 3.20 bits per heavy atom. The molecule has 0 radical (unpaired) electrons. The first-order chi connectivity index (χ1) is 12.2. The lowest BCUT2D eigenvalue weighted by Gasteiger charge is -2.39. The van der Waals surface area contributed by atoms with Gasteiger partial charge in [-0.3, -0.25) is 4.79 Å². The molecule has 25 heavy (non-hydrogen) atoms. The maximum Gasteiger partial charge on any atom is 0.258 e. The maximum atomic E-state index is 13.7. The third-order valence-corrected chi connectivity index (χ3v) is 4.68. The van der Waals surface area contributed by atoms with E-state index < -0.39 is 11.4 Å². The molecule has 2 atom stereocenters. The van der Waals surface area contributed by atoms with Gasteiger partial charge in [-0.25, -0.2) is 9.37 Å². The van der Waals surface area contributed by atoms with Crippen LogP contribution in [0.4, 0.5) is 4.39 Å². The second kappa shape index (κ2) is 6.44. The molecule has 1 spiro atoms. The van der Waals surface area contributed by atoms with Crippen molar-refractivity contribution in [2.75, 3.05) is 19.7 Å². The van der Waals surface area contributed by atoms with Gasteiger partial charge < -0.3 is 18.9 Å². The minimum absolute atomic E-state index is 0.0126. The molecule has 2 saturated heterocycles. The van der Waals surface area contributed by atoms with Gasteiger partial charge in [0.15, 0.2) is 5.82 Å². The zero-order valence-corrected chi connectivity index (χ0v) is 13.6. The molecule has 0 aliphatic carbocycles. The van der Waals surface area contributed by atoms with Crippen LogP contribution in [0.1, 0.15) is 29.6 Å². The number of carbonyl (C=O) groups excluding carboxylic acids is 1. The Labute approximate surface area is 143 Å². The highest BCUT2D eigenvalue weighted by Crippen LogP contribution is 2.36. The molecule has 0 N–H and O–H groups in total. The summed E-state index contributed by atoms with van der Waals surface area (Å²) in [5, 5.41) is 3.58. The average molecular weight is 347 g/mol. The molecule has 1 amide bonds. The van der Waals surface area contributed by atoms with E-state index in [9.17, 15) is 9.18 Å². The SMILES string of the molecule is O=C(c1cnoc1)N1CCC[C@]2(C[C@H](Oc3ncccc3F)CO2)C1. The molecule has 4 heterocycles. The van der Waals surface area contributed by atoms with Crippen molar-refractivity contribution in [3.05, 3.63) is 42.2 Å². The highest BCUT2D eigenvalue weighted by molar-refractivity contribution is 5.93. The standard InChI is InChI=1S/C17H18FN3O4/c18-14-3-1-5-19-15(14)25-13-7-17(23-10-13)4-2-6-21(11-17)16(22)12-8-20-24-9-12/h1,3,5,8-9,13H,2,4,6-7,10-11H2/t13-,17-/m0/s1. The van der Waals surface area contributed by atoms with E-state index in [0.29, 0.717) is 31.7 Å². The topological polar surface area (TPSA) is 77.7 Å². The van der Waals surface area contributed by atoms with Gasteiger partial charge in [-0.15, -0.1) is 0 Å². The predicted octanol–water partition coefficient (Wildman–Crippen LogP) is 2.05. The van der Waals surface area contributed by atoms with Gasteiger partial charge in [-0.1, -0.05) is 5.16 Å². The summed E-state index contributed by atoms with van der Waals surface area (Å²) in [5.41, 5.74) is -0.0283. The summed E-state index contributed by atoms with van der Waals surface area (Å²) in [6.45, 7) is 1.49. The molecule has 2 aromatic rings. The van der Waals surface area contributed by atoms with Crippen LogP contribution >= 0.6 is 0 Å². The van der Waals surface area contributed by atoms with Crippen molar-refractivity contribution in [1.29, 1.82) is 0 Å². The predicted molar refractivity (Wildman–Crippen MR) is 83.6 cm³/mol. The normalized spacial score (nSPS) is 26.1. The van der Waals surface area contributed by atoms with Crippen molar-refractivity contribution in [2.24, 2.45) is 0 Å². The van der Waals surface area contributed by atoms with E-state index >= 15 is 0 Å². The minimum Gasteiger partial charge on any atom is -0.470 e. The highest BCUT2D eigenvalue weighted by Gasteiger charge is 2.45. The number of ether oxygens (including phenoxy) is 2. The number of nitrogens with zero attached hydrogens (tertiary/aromatic N) is 3. The van der Waals surface area contributed by atoms with Crippen molar-refractivity contribution in [2.45, 2.75) is 31.0 Å². The summed E-state index contributed by atoms with van der Waals surface area (Å²) in [7, 11) is 0. The van der Waals surface area contributed by atoms with Crippen molar-refractivity contribution in [1.82, 2.24) is 15.0 Å². The number of pyridine rings is 1. The van der Waals surface area contributed by atoms with E-state index in [1.165, 1.54) is 30.8 Å². The third-order valence-electron chi connectivity index (χ3n) is 4.68. The number of halogens is 1. The summed E-state index contributed by atoms with van der Waals surface area (Å²) in [5.74, 6) is -0.623. The Morgan fingerprint density at radius 2 is 2.40 bits per heavy atom. The summed E-state index contributed by atoms with van der Waals surface area (Å²) in [6, 6.07) is 2.83. The van der Waals surface area contributed by atoms with Crippen LogP contribution in [0.15, 0.2) is 35.3 Å². The van der Waals surface area contributed by atoms with E-state index in [1.807, 2.05) is 0 Å². The number of aromatic nitrogens is 2. The Hall–Kier alpha value is -2.48. The smallest absolute Gasteiger partial charge is 0.258 e. The molecular formula is C17H18FN3O4. The van der Waals surface area contributed by atoms with Gasteiger partial charge in [0, 0.05) is 19.2 Å². The third kappa shape index (κ3) is 3.21. The number of carbonyl (C=O) groups is 1. The van der Waals surface area contributed by atoms with Crippen LogP contribution in [0.25, 0.3) is 0 Å². The summed E-state index contributed by atoms with van der Waals surface area (Å²) in [6.07, 6.45) is 6.23. The number of likely N-dealkylation sites (tertiary alicyclic amines) is 1. The quantitative estimate of drug-likeness (QED) is 0.846. The first-order valence-electron chi connectivity index (χ1n) is 8.25. The second-order valence-electron chi connectivity index (χ2n) is 6.47. The molecule has 0 unspecified atom stereocenters. The number of hydrogen-bond donors (Lipinski definition) is 0. The van der Waals surface area contributed by atoms with Crippen LogP contribution in [0.5, 0.6) is 5.88 Å². The van der Waals surface area contributed by atoms with Crippen LogP contribution < -0.4 is 4.74 Å². The zero-order valence-electron chi connectivity index (χ0n) is 13.6. The molecule has 2 aliphatic heterocycles. The number of hydrogen-bond acceptors (Lipinski definition) is 6. The monoisotopic (exact) mass is 347 g/mol. The molecule has 2 aliphatic rings.